The van der Waals surface area contributed by atoms with Gasteiger partial charge >= 0.3 is 0 Å². The van der Waals surface area contributed by atoms with E-state index in [1.807, 2.05) is 0 Å². The van der Waals surface area contributed by atoms with E-state index < -0.39 is 0 Å². The van der Waals surface area contributed by atoms with Crippen LogP contribution in [0.15, 0.2) is 0 Å². The van der Waals surface area contributed by atoms with Crippen molar-refractivity contribution < 1.29 is 4.74 Å². The Kier molecular flexibility index (Phi) is 6.98. The van der Waals surface area contributed by atoms with Crippen LogP contribution >= 0.6 is 0 Å². The zero-order valence-electron chi connectivity index (χ0n) is 10.3. The van der Waals surface area contributed by atoms with Crippen molar-refractivity contribution in [2.24, 2.45) is 0 Å². The summed E-state index contributed by atoms with van der Waals surface area (Å²) in [6, 6.07) is 0. The third-order valence-corrected chi connectivity index (χ3v) is 3.12. The number of ether oxygens (including phenoxy) is 1. The van der Waals surface area contributed by atoms with Crippen molar-refractivity contribution >= 4 is 0 Å². The second-order valence-electron chi connectivity index (χ2n) is 4.22. The molecule has 3 nitrogen and oxygen atoms in total. The van der Waals surface area contributed by atoms with E-state index in [-0.39, 0.29) is 0 Å². The molecule has 90 valence electrons. The fraction of sp³-hybridized carbons (Fsp3) is 1.00. The van der Waals surface area contributed by atoms with E-state index in [1.165, 1.54) is 38.9 Å². The van der Waals surface area contributed by atoms with Crippen LogP contribution in [0, 0.1) is 0 Å². The predicted octanol–water partition coefficient (Wildman–Crippen LogP) is 1.49. The fourth-order valence-corrected chi connectivity index (χ4v) is 2.04. The van der Waals surface area contributed by atoms with Crippen LogP contribution in [0.25, 0.3) is 0 Å². The van der Waals surface area contributed by atoms with Gasteiger partial charge in [-0.3, -0.25) is 0 Å². The lowest BCUT2D eigenvalue weighted by Crippen LogP contribution is -2.30. The standard InChI is InChI=1S/C12H26N2O/c1-3-14(4-2)9-6-8-13-11-12-7-5-10-15-12/h12-13H,3-11H2,1-2H3/t12-/m1/s1. The van der Waals surface area contributed by atoms with Crippen LogP contribution in [-0.2, 0) is 4.74 Å². The summed E-state index contributed by atoms with van der Waals surface area (Å²) in [6.07, 6.45) is 4.21. The molecule has 0 aromatic rings. The van der Waals surface area contributed by atoms with Gasteiger partial charge in [-0.05, 0) is 45.4 Å². The van der Waals surface area contributed by atoms with Gasteiger partial charge in [-0.1, -0.05) is 13.8 Å². The number of rotatable bonds is 8. The molecule has 0 unspecified atom stereocenters. The molecule has 1 rings (SSSR count). The van der Waals surface area contributed by atoms with Crippen LogP contribution < -0.4 is 5.32 Å². The smallest absolute Gasteiger partial charge is 0.0700 e. The van der Waals surface area contributed by atoms with Gasteiger partial charge in [-0.25, -0.2) is 0 Å². The average Bonchev–Trinajstić information content (AvgIpc) is 2.76. The molecule has 0 radical (unpaired) electrons. The maximum atomic E-state index is 5.55. The van der Waals surface area contributed by atoms with E-state index >= 15 is 0 Å². The summed E-state index contributed by atoms with van der Waals surface area (Å²) in [5, 5.41) is 3.48. The molecular formula is C12H26N2O. The van der Waals surface area contributed by atoms with Crippen molar-refractivity contribution in [3.63, 3.8) is 0 Å². The Bertz CT molecular complexity index is 139. The van der Waals surface area contributed by atoms with Gasteiger partial charge in [-0.2, -0.15) is 0 Å². The van der Waals surface area contributed by atoms with Crippen LogP contribution in [-0.4, -0.2) is 50.3 Å². The van der Waals surface area contributed by atoms with Crippen molar-refractivity contribution in [1.82, 2.24) is 10.2 Å². The summed E-state index contributed by atoms with van der Waals surface area (Å²) in [7, 11) is 0. The molecule has 1 fully saturated rings. The van der Waals surface area contributed by atoms with Crippen LogP contribution in [0.5, 0.6) is 0 Å². The van der Waals surface area contributed by atoms with Crippen molar-refractivity contribution in [1.29, 1.82) is 0 Å². The zero-order chi connectivity index (χ0) is 10.9. The molecule has 3 heteroatoms. The molecule has 0 saturated carbocycles. The van der Waals surface area contributed by atoms with Gasteiger partial charge in [0.05, 0.1) is 6.10 Å². The van der Waals surface area contributed by atoms with Gasteiger partial charge in [0.15, 0.2) is 0 Å². The van der Waals surface area contributed by atoms with Crippen LogP contribution in [0.1, 0.15) is 33.1 Å². The average molecular weight is 214 g/mol. The Labute approximate surface area is 94.2 Å². The Morgan fingerprint density at radius 3 is 2.73 bits per heavy atom. The molecule has 0 aliphatic carbocycles. The highest BCUT2D eigenvalue weighted by molar-refractivity contribution is 4.67. The van der Waals surface area contributed by atoms with Crippen LogP contribution in [0.3, 0.4) is 0 Å². The van der Waals surface area contributed by atoms with E-state index in [1.54, 1.807) is 0 Å². The van der Waals surface area contributed by atoms with E-state index in [4.69, 9.17) is 4.74 Å². The molecule has 0 spiro atoms. The third-order valence-electron chi connectivity index (χ3n) is 3.12. The summed E-state index contributed by atoms with van der Waals surface area (Å²) in [6.45, 7) is 11.1. The van der Waals surface area contributed by atoms with Gasteiger partial charge < -0.3 is 15.0 Å². The number of nitrogens with one attached hydrogen (secondary N) is 1. The van der Waals surface area contributed by atoms with Gasteiger partial charge in [0.1, 0.15) is 0 Å². The lowest BCUT2D eigenvalue weighted by Gasteiger charge is -2.18. The largest absolute Gasteiger partial charge is 0.377 e. The topological polar surface area (TPSA) is 24.5 Å². The van der Waals surface area contributed by atoms with Gasteiger partial charge in [0.2, 0.25) is 0 Å². The Balaban J connectivity index is 1.87. The molecule has 1 atom stereocenters. The lowest BCUT2D eigenvalue weighted by atomic mass is 10.2. The third kappa shape index (κ3) is 5.50. The lowest BCUT2D eigenvalue weighted by molar-refractivity contribution is 0.110. The normalized spacial score (nSPS) is 21.4. The van der Waals surface area contributed by atoms with E-state index in [0.717, 1.165) is 19.7 Å². The Morgan fingerprint density at radius 2 is 2.13 bits per heavy atom. The molecule has 15 heavy (non-hydrogen) atoms. The monoisotopic (exact) mass is 214 g/mol. The minimum absolute atomic E-state index is 0.485. The van der Waals surface area contributed by atoms with Crippen molar-refractivity contribution in [2.45, 2.75) is 39.2 Å². The molecule has 0 aromatic carbocycles. The first kappa shape index (κ1) is 12.9. The zero-order valence-corrected chi connectivity index (χ0v) is 10.3. The number of hydrogen-bond donors (Lipinski definition) is 1. The summed E-state index contributed by atoms with van der Waals surface area (Å²) in [4.78, 5) is 2.47. The van der Waals surface area contributed by atoms with Crippen LogP contribution in [0.2, 0.25) is 0 Å². The van der Waals surface area contributed by atoms with Gasteiger partial charge in [-0.15, -0.1) is 0 Å². The molecule has 1 N–H and O–H groups in total. The molecule has 1 heterocycles. The van der Waals surface area contributed by atoms with E-state index in [2.05, 4.69) is 24.1 Å². The number of nitrogens with zero attached hydrogens (tertiary/aromatic N) is 1. The second kappa shape index (κ2) is 8.08. The van der Waals surface area contributed by atoms with Crippen molar-refractivity contribution in [2.75, 3.05) is 39.3 Å². The van der Waals surface area contributed by atoms with Gasteiger partial charge in [0.25, 0.3) is 0 Å². The summed E-state index contributed by atoms with van der Waals surface area (Å²) < 4.78 is 5.55. The molecule has 1 saturated heterocycles. The molecule has 1 aliphatic rings. The first-order valence-electron chi connectivity index (χ1n) is 6.41. The minimum atomic E-state index is 0.485. The first-order chi connectivity index (χ1) is 7.36. The molecule has 0 bridgehead atoms. The van der Waals surface area contributed by atoms with Gasteiger partial charge in [0, 0.05) is 13.2 Å². The highest BCUT2D eigenvalue weighted by atomic mass is 16.5. The molecule has 0 aromatic heterocycles. The summed E-state index contributed by atoms with van der Waals surface area (Å²) in [5.41, 5.74) is 0. The summed E-state index contributed by atoms with van der Waals surface area (Å²) in [5.74, 6) is 0. The van der Waals surface area contributed by atoms with Crippen LogP contribution in [0.4, 0.5) is 0 Å². The second-order valence-corrected chi connectivity index (χ2v) is 4.22. The van der Waals surface area contributed by atoms with Crippen molar-refractivity contribution in [3.8, 4) is 0 Å². The first-order valence-corrected chi connectivity index (χ1v) is 6.41. The molecule has 1 aliphatic heterocycles. The van der Waals surface area contributed by atoms with E-state index in [9.17, 15) is 0 Å². The van der Waals surface area contributed by atoms with Crippen molar-refractivity contribution in [3.05, 3.63) is 0 Å². The van der Waals surface area contributed by atoms with E-state index in [0.29, 0.717) is 6.10 Å². The highest BCUT2D eigenvalue weighted by Gasteiger charge is 2.14. The Hall–Kier alpha value is -0.120. The molecule has 0 amide bonds. The quantitative estimate of drug-likeness (QED) is 0.620. The minimum Gasteiger partial charge on any atom is -0.377 e. The number of hydrogen-bond acceptors (Lipinski definition) is 3. The fourth-order valence-electron chi connectivity index (χ4n) is 2.04. The highest BCUT2D eigenvalue weighted by Crippen LogP contribution is 2.10. The summed E-state index contributed by atoms with van der Waals surface area (Å²) >= 11 is 0. The predicted molar refractivity (Wildman–Crippen MR) is 64.2 cm³/mol. The molecular weight excluding hydrogens is 188 g/mol. The SMILES string of the molecule is CCN(CC)CCCNC[C@H]1CCCO1. The maximum absolute atomic E-state index is 5.55. The Morgan fingerprint density at radius 1 is 1.33 bits per heavy atom. The maximum Gasteiger partial charge on any atom is 0.0700 e.